The molecule has 1 heterocycles. The minimum Gasteiger partial charge on any atom is -0.493 e. The van der Waals surface area contributed by atoms with Gasteiger partial charge in [0.2, 0.25) is 5.75 Å². The molecular formula is C19H23NO3. The Morgan fingerprint density at radius 1 is 0.957 bits per heavy atom. The van der Waals surface area contributed by atoms with Crippen molar-refractivity contribution in [3.05, 3.63) is 53.1 Å². The first kappa shape index (κ1) is 15.7. The fraction of sp³-hybridized carbons (Fsp3) is 0.368. The average Bonchev–Trinajstić information content (AvgIpc) is 2.82. The number of methoxy groups -OCH3 is 3. The molecule has 0 bridgehead atoms. The number of hydrogen-bond acceptors (Lipinski definition) is 4. The van der Waals surface area contributed by atoms with Gasteiger partial charge in [0.25, 0.3) is 0 Å². The van der Waals surface area contributed by atoms with Crippen LogP contribution in [-0.2, 0) is 6.42 Å². The van der Waals surface area contributed by atoms with Gasteiger partial charge in [-0.15, -0.1) is 0 Å². The van der Waals surface area contributed by atoms with Crippen LogP contribution in [0.5, 0.6) is 17.2 Å². The third kappa shape index (κ3) is 2.86. The maximum Gasteiger partial charge on any atom is 0.203 e. The molecule has 4 nitrogen and oxygen atoms in total. The standard InChI is InChI=1S/C19H23NO3/c1-21-17-11-15-14(18(22-2)19(17)23-3)9-10-20-12-16(15)13-7-5-4-6-8-13/h4-8,11,16,20H,9-10,12H2,1-3H3/t16-/m1/s1. The van der Waals surface area contributed by atoms with Crippen molar-refractivity contribution in [1.82, 2.24) is 5.32 Å². The highest BCUT2D eigenvalue weighted by atomic mass is 16.5. The quantitative estimate of drug-likeness (QED) is 0.942. The number of benzene rings is 2. The Kier molecular flexibility index (Phi) is 4.72. The Labute approximate surface area is 137 Å². The van der Waals surface area contributed by atoms with Crippen LogP contribution in [0.2, 0.25) is 0 Å². The molecule has 0 fully saturated rings. The van der Waals surface area contributed by atoms with E-state index in [4.69, 9.17) is 14.2 Å². The molecule has 1 aliphatic heterocycles. The van der Waals surface area contributed by atoms with E-state index in [-0.39, 0.29) is 5.92 Å². The highest BCUT2D eigenvalue weighted by Gasteiger charge is 2.27. The molecule has 23 heavy (non-hydrogen) atoms. The zero-order chi connectivity index (χ0) is 16.2. The second-order valence-corrected chi connectivity index (χ2v) is 5.63. The molecule has 1 atom stereocenters. The summed E-state index contributed by atoms with van der Waals surface area (Å²) in [5.74, 6) is 2.43. The van der Waals surface area contributed by atoms with Crippen LogP contribution in [0.3, 0.4) is 0 Å². The Morgan fingerprint density at radius 2 is 1.70 bits per heavy atom. The van der Waals surface area contributed by atoms with Crippen molar-refractivity contribution < 1.29 is 14.2 Å². The SMILES string of the molecule is COc1cc2c(c(OC)c1OC)CCNC[C@@H]2c1ccccc1. The fourth-order valence-electron chi connectivity index (χ4n) is 3.36. The Morgan fingerprint density at radius 3 is 2.35 bits per heavy atom. The third-order valence-electron chi connectivity index (χ3n) is 4.44. The van der Waals surface area contributed by atoms with E-state index in [1.165, 1.54) is 16.7 Å². The summed E-state index contributed by atoms with van der Waals surface area (Å²) in [6.45, 7) is 1.82. The topological polar surface area (TPSA) is 39.7 Å². The molecule has 122 valence electrons. The minimum atomic E-state index is 0.266. The minimum absolute atomic E-state index is 0.266. The lowest BCUT2D eigenvalue weighted by molar-refractivity contribution is 0.321. The normalized spacial score (nSPS) is 17.1. The van der Waals surface area contributed by atoms with Gasteiger partial charge in [-0.05, 0) is 30.2 Å². The third-order valence-corrected chi connectivity index (χ3v) is 4.44. The number of rotatable bonds is 4. The van der Waals surface area contributed by atoms with Gasteiger partial charge >= 0.3 is 0 Å². The summed E-state index contributed by atoms with van der Waals surface area (Å²) in [7, 11) is 5.00. The smallest absolute Gasteiger partial charge is 0.203 e. The summed E-state index contributed by atoms with van der Waals surface area (Å²) in [6.07, 6.45) is 0.905. The molecule has 2 aromatic rings. The summed E-state index contributed by atoms with van der Waals surface area (Å²) in [4.78, 5) is 0. The first-order chi connectivity index (χ1) is 11.3. The van der Waals surface area contributed by atoms with Crippen molar-refractivity contribution in [2.75, 3.05) is 34.4 Å². The van der Waals surface area contributed by atoms with Gasteiger partial charge in [-0.1, -0.05) is 30.3 Å². The molecule has 2 aromatic carbocycles. The van der Waals surface area contributed by atoms with Crippen LogP contribution in [0.1, 0.15) is 22.6 Å². The predicted octanol–water partition coefficient (Wildman–Crippen LogP) is 2.99. The van der Waals surface area contributed by atoms with Crippen LogP contribution >= 0.6 is 0 Å². The van der Waals surface area contributed by atoms with Crippen LogP contribution in [0.4, 0.5) is 0 Å². The molecule has 3 rings (SSSR count). The van der Waals surface area contributed by atoms with Crippen molar-refractivity contribution in [1.29, 1.82) is 0 Å². The van der Waals surface area contributed by atoms with Crippen molar-refractivity contribution in [2.24, 2.45) is 0 Å². The molecule has 0 aromatic heterocycles. The second kappa shape index (κ2) is 6.92. The number of fused-ring (bicyclic) bond motifs is 1. The molecule has 4 heteroatoms. The van der Waals surface area contributed by atoms with Gasteiger partial charge in [0.1, 0.15) is 0 Å². The van der Waals surface area contributed by atoms with Gasteiger partial charge in [-0.3, -0.25) is 0 Å². The molecule has 0 saturated carbocycles. The molecule has 0 radical (unpaired) electrons. The van der Waals surface area contributed by atoms with E-state index < -0.39 is 0 Å². The molecule has 0 unspecified atom stereocenters. The Bertz CT molecular complexity index is 670. The maximum atomic E-state index is 5.68. The zero-order valence-corrected chi connectivity index (χ0v) is 13.9. The summed E-state index contributed by atoms with van der Waals surface area (Å²) < 4.78 is 16.8. The summed E-state index contributed by atoms with van der Waals surface area (Å²) in [5.41, 5.74) is 3.73. The lowest BCUT2D eigenvalue weighted by Gasteiger charge is -2.23. The maximum absolute atomic E-state index is 5.68. The molecule has 1 aliphatic rings. The number of ether oxygens (including phenoxy) is 3. The molecule has 0 saturated heterocycles. The monoisotopic (exact) mass is 313 g/mol. The summed E-state index contributed by atoms with van der Waals surface area (Å²) in [5, 5.41) is 3.53. The highest BCUT2D eigenvalue weighted by molar-refractivity contribution is 5.61. The zero-order valence-electron chi connectivity index (χ0n) is 13.9. The second-order valence-electron chi connectivity index (χ2n) is 5.63. The van der Waals surface area contributed by atoms with E-state index in [0.29, 0.717) is 11.5 Å². The van der Waals surface area contributed by atoms with Gasteiger partial charge in [-0.2, -0.15) is 0 Å². The van der Waals surface area contributed by atoms with E-state index in [1.54, 1.807) is 21.3 Å². The first-order valence-electron chi connectivity index (χ1n) is 7.87. The summed E-state index contributed by atoms with van der Waals surface area (Å²) >= 11 is 0. The lowest BCUT2D eigenvalue weighted by Crippen LogP contribution is -2.20. The molecule has 0 aliphatic carbocycles. The van der Waals surface area contributed by atoms with E-state index in [2.05, 4.69) is 35.6 Å². The van der Waals surface area contributed by atoms with Crippen molar-refractivity contribution in [3.63, 3.8) is 0 Å². The van der Waals surface area contributed by atoms with Gasteiger partial charge in [0.15, 0.2) is 11.5 Å². The number of hydrogen-bond donors (Lipinski definition) is 1. The van der Waals surface area contributed by atoms with Crippen molar-refractivity contribution in [3.8, 4) is 17.2 Å². The van der Waals surface area contributed by atoms with Gasteiger partial charge in [0, 0.05) is 18.0 Å². The first-order valence-corrected chi connectivity index (χ1v) is 7.87. The van der Waals surface area contributed by atoms with Crippen LogP contribution in [0.25, 0.3) is 0 Å². The van der Waals surface area contributed by atoms with E-state index in [0.717, 1.165) is 25.3 Å². The molecule has 0 amide bonds. The Balaban J connectivity index is 2.21. The van der Waals surface area contributed by atoms with Crippen molar-refractivity contribution in [2.45, 2.75) is 12.3 Å². The van der Waals surface area contributed by atoms with Crippen LogP contribution in [0.15, 0.2) is 36.4 Å². The van der Waals surface area contributed by atoms with E-state index in [9.17, 15) is 0 Å². The van der Waals surface area contributed by atoms with Gasteiger partial charge in [-0.25, -0.2) is 0 Å². The van der Waals surface area contributed by atoms with E-state index >= 15 is 0 Å². The van der Waals surface area contributed by atoms with Crippen LogP contribution in [0, 0.1) is 0 Å². The molecule has 0 spiro atoms. The number of nitrogens with one attached hydrogen (secondary N) is 1. The predicted molar refractivity (Wildman–Crippen MR) is 91.0 cm³/mol. The highest BCUT2D eigenvalue weighted by Crippen LogP contribution is 2.45. The fourth-order valence-corrected chi connectivity index (χ4v) is 3.36. The molecular weight excluding hydrogens is 290 g/mol. The van der Waals surface area contributed by atoms with Gasteiger partial charge in [0.05, 0.1) is 21.3 Å². The van der Waals surface area contributed by atoms with Gasteiger partial charge < -0.3 is 19.5 Å². The average molecular weight is 313 g/mol. The van der Waals surface area contributed by atoms with E-state index in [1.807, 2.05) is 6.07 Å². The molecule has 1 N–H and O–H groups in total. The van der Waals surface area contributed by atoms with Crippen LogP contribution in [-0.4, -0.2) is 34.4 Å². The Hall–Kier alpha value is -2.20. The largest absolute Gasteiger partial charge is 0.493 e. The van der Waals surface area contributed by atoms with Crippen molar-refractivity contribution >= 4 is 0 Å². The van der Waals surface area contributed by atoms with Crippen LogP contribution < -0.4 is 19.5 Å². The summed E-state index contributed by atoms with van der Waals surface area (Å²) in [6, 6.07) is 12.6. The lowest BCUT2D eigenvalue weighted by atomic mass is 9.87.